The highest BCUT2D eigenvalue weighted by molar-refractivity contribution is 5.99. The summed E-state index contributed by atoms with van der Waals surface area (Å²) in [4.78, 5) is 20.3. The van der Waals surface area contributed by atoms with Gasteiger partial charge in [0.1, 0.15) is 0 Å². The maximum absolute atomic E-state index is 5.37. The van der Waals surface area contributed by atoms with Crippen molar-refractivity contribution < 1.29 is 0 Å². The van der Waals surface area contributed by atoms with Crippen LogP contribution < -0.4 is 0 Å². The monoisotopic (exact) mass is 816 g/mol. The van der Waals surface area contributed by atoms with Crippen LogP contribution in [0.15, 0.2) is 207 Å². The molecule has 1 atom stereocenters. The molecule has 0 aliphatic heterocycles. The van der Waals surface area contributed by atoms with E-state index in [0.29, 0.717) is 11.6 Å². The first-order valence-electron chi connectivity index (χ1n) is 22.0. The minimum atomic E-state index is -0.676. The smallest absolute Gasteiger partial charge is 0.160 e. The van der Waals surface area contributed by atoms with Gasteiger partial charge >= 0.3 is 0 Å². The van der Waals surface area contributed by atoms with Gasteiger partial charge in [0.15, 0.2) is 11.6 Å². The maximum atomic E-state index is 5.37. The topological polar surface area (TPSA) is 51.6 Å². The molecular weight excluding hydrogens is 777 g/mol. The Bertz CT molecular complexity index is 3520. The number of hydrogen-bond donors (Lipinski definition) is 0. The summed E-state index contributed by atoms with van der Waals surface area (Å²) in [6.45, 7) is 4.75. The molecule has 3 aliphatic rings. The minimum absolute atomic E-state index is 0.139. The second kappa shape index (κ2) is 13.7. The number of nitrogens with zero attached hydrogens (tertiary/aromatic N) is 4. The first-order chi connectivity index (χ1) is 31.5. The van der Waals surface area contributed by atoms with E-state index in [1.165, 1.54) is 77.9 Å². The van der Waals surface area contributed by atoms with Crippen LogP contribution in [0, 0.1) is 0 Å². The molecule has 0 fully saturated rings. The lowest BCUT2D eigenvalue weighted by atomic mass is 9.65. The zero-order valence-corrected chi connectivity index (χ0v) is 35.4. The molecule has 8 aromatic carbocycles. The van der Waals surface area contributed by atoms with Gasteiger partial charge in [0.05, 0.1) is 16.8 Å². The van der Waals surface area contributed by atoms with E-state index in [2.05, 4.69) is 172 Å². The van der Waals surface area contributed by atoms with Gasteiger partial charge in [0.25, 0.3) is 0 Å². The van der Waals surface area contributed by atoms with Crippen LogP contribution in [0.2, 0.25) is 0 Å². The highest BCUT2D eigenvalue weighted by Gasteiger charge is 2.51. The second-order valence-electron chi connectivity index (χ2n) is 17.8. The molecule has 0 bridgehead atoms. The molecule has 4 heteroatoms. The highest BCUT2D eigenvalue weighted by Crippen LogP contribution is 2.64. The van der Waals surface area contributed by atoms with E-state index in [9.17, 15) is 0 Å². The van der Waals surface area contributed by atoms with Crippen LogP contribution in [-0.2, 0) is 10.8 Å². The largest absolute Gasteiger partial charge is 0.236 e. The minimum Gasteiger partial charge on any atom is -0.236 e. The van der Waals surface area contributed by atoms with Gasteiger partial charge in [-0.2, -0.15) is 0 Å². The van der Waals surface area contributed by atoms with Gasteiger partial charge < -0.3 is 0 Å². The lowest BCUT2D eigenvalue weighted by Gasteiger charge is -2.36. The third-order valence-electron chi connectivity index (χ3n) is 14.0. The van der Waals surface area contributed by atoms with Crippen molar-refractivity contribution in [2.24, 2.45) is 0 Å². The molecule has 2 aromatic heterocycles. The number of aromatic nitrogens is 4. The molecule has 300 valence electrons. The summed E-state index contributed by atoms with van der Waals surface area (Å²) in [5.74, 6) is 1.32. The maximum Gasteiger partial charge on any atom is 0.160 e. The van der Waals surface area contributed by atoms with E-state index in [1.807, 2.05) is 48.8 Å². The third-order valence-corrected chi connectivity index (χ3v) is 14.0. The van der Waals surface area contributed by atoms with Crippen LogP contribution in [-0.4, -0.2) is 19.9 Å². The van der Waals surface area contributed by atoms with Crippen molar-refractivity contribution in [1.82, 2.24) is 19.9 Å². The lowest BCUT2D eigenvalue weighted by Crippen LogP contribution is -2.29. The summed E-state index contributed by atoms with van der Waals surface area (Å²) in [5.41, 5.74) is 22.4. The van der Waals surface area contributed by atoms with Gasteiger partial charge in [-0.05, 0) is 102 Å². The third kappa shape index (κ3) is 5.17. The number of fused-ring (bicyclic) bond motifs is 15. The van der Waals surface area contributed by atoms with E-state index >= 15 is 0 Å². The number of rotatable bonds is 4. The fraction of sp³-hybridized carbons (Fsp3) is 0.0667. The molecule has 3 aliphatic carbocycles. The van der Waals surface area contributed by atoms with Crippen molar-refractivity contribution in [3.05, 3.63) is 240 Å². The molecule has 0 radical (unpaired) electrons. The highest BCUT2D eigenvalue weighted by atomic mass is 14.9. The molecule has 4 nitrogen and oxygen atoms in total. The Labute approximate surface area is 372 Å². The normalized spacial score (nSPS) is 15.5. The summed E-state index contributed by atoms with van der Waals surface area (Å²) in [6, 6.07) is 70.6. The average Bonchev–Trinajstić information content (AvgIpc) is 3.73. The molecule has 0 N–H and O–H groups in total. The zero-order valence-electron chi connectivity index (χ0n) is 35.4. The standard InChI is InChI=1S/C60H40N4/c1-59(2)49-26-14-11-24-44(49)47-33-54-48(32-52(47)59)45-25-13-16-28-51(45)60(54)50-27-15-12-23-43(50)41-21-9-10-22-42(41)46-30-29-39(31-53(46)60)58-63-55(37-17-5-3-6-18-37)34-56(64-58)40-35-61-57(62-36-40)38-19-7-4-8-20-38/h3-36H,1-2H3. The predicted octanol–water partition coefficient (Wildman–Crippen LogP) is 14.3. The second-order valence-corrected chi connectivity index (χ2v) is 17.8. The fourth-order valence-corrected chi connectivity index (χ4v) is 11.1. The zero-order chi connectivity index (χ0) is 42.6. The van der Waals surface area contributed by atoms with Gasteiger partial charge in [0.2, 0.25) is 0 Å². The van der Waals surface area contributed by atoms with Gasteiger partial charge in [-0.25, -0.2) is 19.9 Å². The van der Waals surface area contributed by atoms with Crippen molar-refractivity contribution in [3.8, 4) is 89.8 Å². The van der Waals surface area contributed by atoms with Crippen molar-refractivity contribution >= 4 is 0 Å². The van der Waals surface area contributed by atoms with Crippen LogP contribution in [0.1, 0.15) is 47.2 Å². The molecule has 0 saturated heterocycles. The van der Waals surface area contributed by atoms with Crippen molar-refractivity contribution in [3.63, 3.8) is 0 Å². The SMILES string of the molecule is CC1(C)c2ccccc2-c2cc3c(cc21)-c1ccccc1C31c2ccccc2-c2ccccc2-c2ccc(-c3nc(-c4ccccc4)cc(-c4cnc(-c5ccccc5)nc4)n3)cc21. The molecule has 0 saturated carbocycles. The average molecular weight is 817 g/mol. The Kier molecular flexibility index (Phi) is 7.83. The molecule has 13 rings (SSSR count). The molecule has 2 heterocycles. The predicted molar refractivity (Wildman–Crippen MR) is 259 cm³/mol. The Balaban J connectivity index is 1.10. The molecule has 1 spiro atoms. The Morgan fingerprint density at radius 1 is 0.297 bits per heavy atom. The molecule has 0 amide bonds. The summed E-state index contributed by atoms with van der Waals surface area (Å²) in [6.07, 6.45) is 3.75. The van der Waals surface area contributed by atoms with E-state index < -0.39 is 5.41 Å². The van der Waals surface area contributed by atoms with Crippen molar-refractivity contribution in [1.29, 1.82) is 0 Å². The Morgan fingerprint density at radius 2 is 0.750 bits per heavy atom. The van der Waals surface area contributed by atoms with E-state index in [0.717, 1.165) is 33.6 Å². The van der Waals surface area contributed by atoms with Gasteiger partial charge in [-0.1, -0.05) is 184 Å². The molecule has 10 aromatic rings. The quantitative estimate of drug-likeness (QED) is 0.178. The van der Waals surface area contributed by atoms with Crippen molar-refractivity contribution in [2.75, 3.05) is 0 Å². The van der Waals surface area contributed by atoms with Crippen LogP contribution in [0.5, 0.6) is 0 Å². The number of benzene rings is 8. The van der Waals surface area contributed by atoms with Crippen LogP contribution in [0.25, 0.3) is 89.8 Å². The van der Waals surface area contributed by atoms with Crippen LogP contribution in [0.3, 0.4) is 0 Å². The first-order valence-corrected chi connectivity index (χ1v) is 22.0. The summed E-state index contributed by atoms with van der Waals surface area (Å²) in [7, 11) is 0. The van der Waals surface area contributed by atoms with E-state index in [1.54, 1.807) is 0 Å². The summed E-state index contributed by atoms with van der Waals surface area (Å²) in [5, 5.41) is 0. The Morgan fingerprint density at radius 3 is 1.39 bits per heavy atom. The molecular formula is C60H40N4. The van der Waals surface area contributed by atoms with Gasteiger partial charge in [-0.15, -0.1) is 0 Å². The summed E-state index contributed by atoms with van der Waals surface area (Å²) >= 11 is 0. The molecule has 64 heavy (non-hydrogen) atoms. The van der Waals surface area contributed by atoms with Gasteiger partial charge in [0, 0.05) is 40.1 Å². The summed E-state index contributed by atoms with van der Waals surface area (Å²) < 4.78 is 0. The molecule has 1 unspecified atom stereocenters. The van der Waals surface area contributed by atoms with Gasteiger partial charge in [-0.3, -0.25) is 0 Å². The Hall–Kier alpha value is -8.08. The van der Waals surface area contributed by atoms with Crippen LogP contribution >= 0.6 is 0 Å². The van der Waals surface area contributed by atoms with Crippen molar-refractivity contribution in [2.45, 2.75) is 24.7 Å². The lowest BCUT2D eigenvalue weighted by molar-refractivity contribution is 0.660. The first kappa shape index (κ1) is 36.6. The van der Waals surface area contributed by atoms with E-state index in [-0.39, 0.29) is 5.41 Å². The fourth-order valence-electron chi connectivity index (χ4n) is 11.1. The van der Waals surface area contributed by atoms with E-state index in [4.69, 9.17) is 19.9 Å². The number of hydrogen-bond acceptors (Lipinski definition) is 4. The van der Waals surface area contributed by atoms with Crippen LogP contribution in [0.4, 0.5) is 0 Å².